The van der Waals surface area contributed by atoms with Crippen LogP contribution in [0.4, 0.5) is 11.5 Å². The number of ether oxygens (including phenoxy) is 1. The SMILES string of the molecule is COc1cc2nccc(Nc3n[nH]c(C)c3C)c2cc1S(=O)(=O)C(C)C. The molecule has 0 atom stereocenters. The van der Waals surface area contributed by atoms with Crippen molar-refractivity contribution in [2.75, 3.05) is 12.4 Å². The summed E-state index contributed by atoms with van der Waals surface area (Å²) >= 11 is 0. The zero-order valence-corrected chi connectivity index (χ0v) is 16.2. The molecular weight excluding hydrogens is 352 g/mol. The molecule has 1 aromatic carbocycles. The molecule has 0 aliphatic carbocycles. The summed E-state index contributed by atoms with van der Waals surface area (Å²) in [6, 6.07) is 5.07. The van der Waals surface area contributed by atoms with E-state index in [4.69, 9.17) is 4.74 Å². The number of benzene rings is 1. The smallest absolute Gasteiger partial charge is 0.184 e. The van der Waals surface area contributed by atoms with Crippen LogP contribution < -0.4 is 10.1 Å². The summed E-state index contributed by atoms with van der Waals surface area (Å²) in [6.07, 6.45) is 1.66. The van der Waals surface area contributed by atoms with Crippen molar-refractivity contribution in [2.45, 2.75) is 37.8 Å². The van der Waals surface area contributed by atoms with Gasteiger partial charge < -0.3 is 10.1 Å². The molecule has 0 saturated carbocycles. The molecule has 3 rings (SSSR count). The quantitative estimate of drug-likeness (QED) is 0.709. The molecule has 2 N–H and O–H groups in total. The van der Waals surface area contributed by atoms with Crippen LogP contribution in [0.2, 0.25) is 0 Å². The van der Waals surface area contributed by atoms with Gasteiger partial charge in [0.05, 0.1) is 23.6 Å². The molecule has 138 valence electrons. The van der Waals surface area contributed by atoms with Gasteiger partial charge in [-0.25, -0.2) is 8.42 Å². The third kappa shape index (κ3) is 3.01. The lowest BCUT2D eigenvalue weighted by Gasteiger charge is -2.15. The number of hydrogen-bond acceptors (Lipinski definition) is 6. The van der Waals surface area contributed by atoms with E-state index in [1.165, 1.54) is 7.11 Å². The molecule has 26 heavy (non-hydrogen) atoms. The van der Waals surface area contributed by atoms with E-state index in [1.54, 1.807) is 38.2 Å². The Bertz CT molecular complexity index is 1070. The molecule has 2 aromatic heterocycles. The number of methoxy groups -OCH3 is 1. The highest BCUT2D eigenvalue weighted by Crippen LogP contribution is 2.35. The largest absolute Gasteiger partial charge is 0.495 e. The Kier molecular flexibility index (Phi) is 4.62. The molecule has 0 unspecified atom stereocenters. The van der Waals surface area contributed by atoms with Gasteiger partial charge in [0.25, 0.3) is 0 Å². The number of pyridine rings is 1. The third-order valence-electron chi connectivity index (χ3n) is 4.46. The molecule has 0 fully saturated rings. The lowest BCUT2D eigenvalue weighted by atomic mass is 10.1. The minimum Gasteiger partial charge on any atom is -0.495 e. The highest BCUT2D eigenvalue weighted by molar-refractivity contribution is 7.92. The van der Waals surface area contributed by atoms with Crippen molar-refractivity contribution >= 4 is 32.2 Å². The lowest BCUT2D eigenvalue weighted by Crippen LogP contribution is -2.15. The Morgan fingerprint density at radius 3 is 2.54 bits per heavy atom. The Hall–Kier alpha value is -2.61. The Labute approximate surface area is 152 Å². The van der Waals surface area contributed by atoms with E-state index in [2.05, 4.69) is 20.5 Å². The topological polar surface area (TPSA) is 97.0 Å². The van der Waals surface area contributed by atoms with E-state index in [1.807, 2.05) is 13.8 Å². The van der Waals surface area contributed by atoms with E-state index in [0.29, 0.717) is 22.5 Å². The Morgan fingerprint density at radius 2 is 1.96 bits per heavy atom. The number of fused-ring (bicyclic) bond motifs is 1. The monoisotopic (exact) mass is 374 g/mol. The summed E-state index contributed by atoms with van der Waals surface area (Å²) in [7, 11) is -2.05. The normalized spacial score (nSPS) is 11.9. The van der Waals surface area contributed by atoms with Crippen molar-refractivity contribution in [3.8, 4) is 5.75 Å². The van der Waals surface area contributed by atoms with Gasteiger partial charge in [0, 0.05) is 28.9 Å². The average Bonchev–Trinajstić information content (AvgIpc) is 2.92. The fourth-order valence-corrected chi connectivity index (χ4v) is 3.85. The molecule has 0 radical (unpaired) electrons. The summed E-state index contributed by atoms with van der Waals surface area (Å²) in [5.74, 6) is 0.988. The van der Waals surface area contributed by atoms with Gasteiger partial charge in [-0.05, 0) is 39.8 Å². The van der Waals surface area contributed by atoms with Crippen LogP contribution in [0, 0.1) is 13.8 Å². The standard InChI is InChI=1S/C18H22N4O3S/c1-10(2)26(23,24)17-8-13-14(20-18-11(3)12(4)21-22-18)6-7-19-15(13)9-16(17)25-5/h6-10H,1-5H3,(H2,19,20,21,22). The number of nitrogens with one attached hydrogen (secondary N) is 2. The second-order valence-electron chi connectivity index (χ2n) is 6.42. The number of aromatic amines is 1. The van der Waals surface area contributed by atoms with Crippen molar-refractivity contribution in [1.82, 2.24) is 15.2 Å². The maximum absolute atomic E-state index is 12.7. The zero-order chi connectivity index (χ0) is 19.1. The molecule has 7 nitrogen and oxygen atoms in total. The van der Waals surface area contributed by atoms with Gasteiger partial charge in [0.15, 0.2) is 15.7 Å². The first-order valence-corrected chi connectivity index (χ1v) is 9.79. The van der Waals surface area contributed by atoms with Crippen LogP contribution in [0.25, 0.3) is 10.9 Å². The summed E-state index contributed by atoms with van der Waals surface area (Å²) < 4.78 is 30.8. The highest BCUT2D eigenvalue weighted by Gasteiger charge is 2.25. The summed E-state index contributed by atoms with van der Waals surface area (Å²) in [4.78, 5) is 4.51. The second kappa shape index (κ2) is 6.60. The molecule has 0 spiro atoms. The summed E-state index contributed by atoms with van der Waals surface area (Å²) in [6.45, 7) is 7.20. The van der Waals surface area contributed by atoms with Crippen molar-refractivity contribution in [1.29, 1.82) is 0 Å². The molecule has 0 amide bonds. The van der Waals surface area contributed by atoms with Gasteiger partial charge in [-0.1, -0.05) is 0 Å². The van der Waals surface area contributed by atoms with Crippen molar-refractivity contribution in [3.63, 3.8) is 0 Å². The van der Waals surface area contributed by atoms with Crippen molar-refractivity contribution in [2.24, 2.45) is 0 Å². The number of sulfone groups is 1. The number of aryl methyl sites for hydroxylation is 1. The number of nitrogens with zero attached hydrogens (tertiary/aromatic N) is 2. The molecule has 0 bridgehead atoms. The van der Waals surface area contributed by atoms with E-state index >= 15 is 0 Å². The number of anilines is 2. The highest BCUT2D eigenvalue weighted by atomic mass is 32.2. The maximum atomic E-state index is 12.7. The minimum absolute atomic E-state index is 0.161. The Morgan fingerprint density at radius 1 is 1.23 bits per heavy atom. The average molecular weight is 374 g/mol. The molecule has 0 saturated heterocycles. The van der Waals surface area contributed by atoms with E-state index < -0.39 is 15.1 Å². The summed E-state index contributed by atoms with van der Waals surface area (Å²) in [5.41, 5.74) is 3.33. The van der Waals surface area contributed by atoms with Crippen molar-refractivity contribution < 1.29 is 13.2 Å². The van der Waals surface area contributed by atoms with Gasteiger partial charge in [0.2, 0.25) is 0 Å². The van der Waals surface area contributed by atoms with Gasteiger partial charge in [-0.2, -0.15) is 5.10 Å². The first kappa shape index (κ1) is 18.2. The first-order chi connectivity index (χ1) is 12.3. The zero-order valence-electron chi connectivity index (χ0n) is 15.4. The van der Waals surface area contributed by atoms with E-state index in [0.717, 1.165) is 16.9 Å². The minimum atomic E-state index is -3.51. The first-order valence-electron chi connectivity index (χ1n) is 8.25. The van der Waals surface area contributed by atoms with Gasteiger partial charge in [-0.3, -0.25) is 10.1 Å². The van der Waals surface area contributed by atoms with E-state index in [-0.39, 0.29) is 4.90 Å². The molecule has 0 aliphatic rings. The molecule has 2 heterocycles. The van der Waals surface area contributed by atoms with Crippen LogP contribution in [-0.4, -0.2) is 36.0 Å². The summed E-state index contributed by atoms with van der Waals surface area (Å²) in [5, 5.41) is 10.6. The van der Waals surface area contributed by atoms with E-state index in [9.17, 15) is 8.42 Å². The third-order valence-corrected chi connectivity index (χ3v) is 6.63. The van der Waals surface area contributed by atoms with Crippen LogP contribution in [0.3, 0.4) is 0 Å². The molecule has 3 aromatic rings. The maximum Gasteiger partial charge on any atom is 0.184 e. The van der Waals surface area contributed by atoms with Crippen LogP contribution in [0.5, 0.6) is 5.75 Å². The molecule has 0 aliphatic heterocycles. The van der Waals surface area contributed by atoms with Gasteiger partial charge in [0.1, 0.15) is 10.6 Å². The number of rotatable bonds is 5. The number of H-pyrrole nitrogens is 1. The predicted molar refractivity (Wildman–Crippen MR) is 102 cm³/mol. The van der Waals surface area contributed by atoms with Crippen LogP contribution in [-0.2, 0) is 9.84 Å². The number of hydrogen-bond donors (Lipinski definition) is 2. The van der Waals surface area contributed by atoms with Gasteiger partial charge in [-0.15, -0.1) is 0 Å². The predicted octanol–water partition coefficient (Wildman–Crippen LogP) is 3.51. The fraction of sp³-hybridized carbons (Fsp3) is 0.333. The Balaban J connectivity index is 2.21. The molecule has 8 heteroatoms. The molecular formula is C18H22N4O3S. The van der Waals surface area contributed by atoms with Crippen LogP contribution >= 0.6 is 0 Å². The van der Waals surface area contributed by atoms with Gasteiger partial charge >= 0.3 is 0 Å². The lowest BCUT2D eigenvalue weighted by molar-refractivity contribution is 0.403. The van der Waals surface area contributed by atoms with Crippen molar-refractivity contribution in [3.05, 3.63) is 35.7 Å². The number of aromatic nitrogens is 3. The van der Waals surface area contributed by atoms with Crippen LogP contribution in [0.1, 0.15) is 25.1 Å². The second-order valence-corrected chi connectivity index (χ2v) is 8.89. The fourth-order valence-electron chi connectivity index (χ4n) is 2.63. The van der Waals surface area contributed by atoms with Crippen LogP contribution in [0.15, 0.2) is 29.3 Å².